The molecule has 0 amide bonds. The van der Waals surface area contributed by atoms with E-state index in [9.17, 15) is 13.2 Å². The first-order valence-corrected chi connectivity index (χ1v) is 5.50. The maximum atomic E-state index is 11.9. The molecule has 4 nitrogen and oxygen atoms in total. The van der Waals surface area contributed by atoms with E-state index in [1.54, 1.807) is 0 Å². The monoisotopic (exact) mass is 284 g/mol. The third kappa shape index (κ3) is 6.02. The van der Waals surface area contributed by atoms with E-state index in [2.05, 4.69) is 9.97 Å². The van der Waals surface area contributed by atoms with Gasteiger partial charge in [-0.2, -0.15) is 18.2 Å². The molecule has 0 aliphatic heterocycles. The molecule has 0 bridgehead atoms. The first-order valence-electron chi connectivity index (χ1n) is 5.12. The first-order chi connectivity index (χ1) is 8.40. The van der Waals surface area contributed by atoms with Crippen LogP contribution in [0.5, 0.6) is 5.88 Å². The Morgan fingerprint density at radius 2 is 2.06 bits per heavy atom. The summed E-state index contributed by atoms with van der Waals surface area (Å²) in [6, 6.07) is 1.34. The molecule has 0 aliphatic rings. The molecule has 0 saturated heterocycles. The fourth-order valence-electron chi connectivity index (χ4n) is 1.16. The normalized spacial score (nSPS) is 11.6. The predicted octanol–water partition coefficient (Wildman–Crippen LogP) is 3.00. The molecule has 0 aliphatic carbocycles. The Balaban J connectivity index is 2.46. The Bertz CT molecular complexity index is 388. The zero-order chi connectivity index (χ0) is 13.6. The lowest BCUT2D eigenvalue weighted by molar-refractivity contribution is -0.136. The summed E-state index contributed by atoms with van der Waals surface area (Å²) < 4.78 is 45.6. The third-order valence-electron chi connectivity index (χ3n) is 1.85. The summed E-state index contributed by atoms with van der Waals surface area (Å²) in [5.74, 6) is 0.458. The van der Waals surface area contributed by atoms with Gasteiger partial charge in [0.05, 0.1) is 6.61 Å². The number of rotatable bonds is 6. The van der Waals surface area contributed by atoms with Gasteiger partial charge in [0.15, 0.2) is 5.82 Å². The molecule has 18 heavy (non-hydrogen) atoms. The lowest BCUT2D eigenvalue weighted by Gasteiger charge is -2.08. The third-order valence-corrected chi connectivity index (χ3v) is 2.04. The number of halogens is 4. The molecule has 102 valence electrons. The number of hydrogen-bond donors (Lipinski definition) is 0. The van der Waals surface area contributed by atoms with Crippen LogP contribution in [0.2, 0.25) is 5.15 Å². The minimum atomic E-state index is -4.17. The van der Waals surface area contributed by atoms with Gasteiger partial charge in [0.1, 0.15) is 11.8 Å². The molecule has 1 aromatic rings. The second kappa shape index (κ2) is 6.75. The molecule has 0 radical (unpaired) electrons. The maximum Gasteiger partial charge on any atom is 0.389 e. The Morgan fingerprint density at radius 1 is 1.33 bits per heavy atom. The fourth-order valence-corrected chi connectivity index (χ4v) is 1.35. The predicted molar refractivity (Wildman–Crippen MR) is 58.5 cm³/mol. The van der Waals surface area contributed by atoms with Crippen LogP contribution in [0.3, 0.4) is 0 Å². The molecule has 0 unspecified atom stereocenters. The number of aromatic nitrogens is 2. The number of ether oxygens (including phenoxy) is 2. The summed E-state index contributed by atoms with van der Waals surface area (Å²) in [4.78, 5) is 7.79. The zero-order valence-electron chi connectivity index (χ0n) is 9.63. The minimum absolute atomic E-state index is 0.0841. The molecule has 1 heterocycles. The summed E-state index contributed by atoms with van der Waals surface area (Å²) >= 11 is 5.70. The summed E-state index contributed by atoms with van der Waals surface area (Å²) in [6.07, 6.45) is -5.20. The molecule has 0 aromatic carbocycles. The van der Waals surface area contributed by atoms with Crippen molar-refractivity contribution in [2.24, 2.45) is 0 Å². The quantitative estimate of drug-likeness (QED) is 0.595. The second-order valence-corrected chi connectivity index (χ2v) is 3.83. The van der Waals surface area contributed by atoms with Gasteiger partial charge >= 0.3 is 6.18 Å². The highest BCUT2D eigenvalue weighted by atomic mass is 35.5. The Hall–Kier alpha value is -1.08. The van der Waals surface area contributed by atoms with Crippen LogP contribution < -0.4 is 4.74 Å². The molecule has 0 atom stereocenters. The van der Waals surface area contributed by atoms with E-state index in [4.69, 9.17) is 21.1 Å². The molecule has 0 saturated carbocycles. The van der Waals surface area contributed by atoms with Crippen molar-refractivity contribution in [3.05, 3.63) is 17.0 Å². The highest BCUT2D eigenvalue weighted by Crippen LogP contribution is 2.21. The lowest BCUT2D eigenvalue weighted by Crippen LogP contribution is -2.10. The number of alkyl halides is 3. The van der Waals surface area contributed by atoms with Gasteiger partial charge in [0.25, 0.3) is 0 Å². The topological polar surface area (TPSA) is 44.2 Å². The summed E-state index contributed by atoms with van der Waals surface area (Å²) in [5, 5.41) is 0.155. The second-order valence-electron chi connectivity index (χ2n) is 3.45. The highest BCUT2D eigenvalue weighted by molar-refractivity contribution is 6.29. The molecular formula is C10H12ClF3N2O2. The van der Waals surface area contributed by atoms with Crippen molar-refractivity contribution in [2.75, 3.05) is 13.7 Å². The molecule has 0 fully saturated rings. The zero-order valence-corrected chi connectivity index (χ0v) is 10.4. The fraction of sp³-hybridized carbons (Fsp3) is 0.600. The summed E-state index contributed by atoms with van der Waals surface area (Å²) in [6.45, 7) is 0.0682. The van der Waals surface area contributed by atoms with E-state index in [1.807, 2.05) is 0 Å². The van der Waals surface area contributed by atoms with Gasteiger partial charge in [-0.1, -0.05) is 11.6 Å². The van der Waals surface area contributed by atoms with Crippen molar-refractivity contribution in [3.63, 3.8) is 0 Å². The Morgan fingerprint density at radius 3 is 2.67 bits per heavy atom. The largest absolute Gasteiger partial charge is 0.478 e. The van der Waals surface area contributed by atoms with E-state index in [0.29, 0.717) is 5.82 Å². The van der Waals surface area contributed by atoms with Crippen LogP contribution in [0.15, 0.2) is 6.07 Å². The van der Waals surface area contributed by atoms with Crippen molar-refractivity contribution in [2.45, 2.75) is 25.6 Å². The van der Waals surface area contributed by atoms with Gasteiger partial charge in [-0.15, -0.1) is 0 Å². The molecule has 1 rings (SSSR count). The van der Waals surface area contributed by atoms with Crippen molar-refractivity contribution in [1.29, 1.82) is 0 Å². The smallest absolute Gasteiger partial charge is 0.389 e. The van der Waals surface area contributed by atoms with Crippen molar-refractivity contribution < 1.29 is 22.6 Å². The molecule has 8 heteroatoms. The lowest BCUT2D eigenvalue weighted by atomic mass is 10.3. The van der Waals surface area contributed by atoms with Gasteiger partial charge in [0.2, 0.25) is 5.88 Å². The molecular weight excluding hydrogens is 273 g/mol. The van der Waals surface area contributed by atoms with Crippen LogP contribution in [0, 0.1) is 0 Å². The van der Waals surface area contributed by atoms with E-state index in [0.717, 1.165) is 0 Å². The van der Waals surface area contributed by atoms with E-state index < -0.39 is 12.6 Å². The van der Waals surface area contributed by atoms with Crippen LogP contribution in [-0.2, 0) is 11.3 Å². The average molecular weight is 285 g/mol. The van der Waals surface area contributed by atoms with Crippen LogP contribution in [0.25, 0.3) is 0 Å². The molecule has 0 N–H and O–H groups in total. The van der Waals surface area contributed by atoms with E-state index in [1.165, 1.54) is 13.2 Å². The number of hydrogen-bond acceptors (Lipinski definition) is 4. The summed E-state index contributed by atoms with van der Waals surface area (Å²) in [7, 11) is 1.47. The summed E-state index contributed by atoms with van der Waals surface area (Å²) in [5.41, 5.74) is 0. The van der Waals surface area contributed by atoms with Crippen LogP contribution in [0.1, 0.15) is 18.7 Å². The van der Waals surface area contributed by atoms with E-state index in [-0.39, 0.29) is 30.7 Å². The maximum absolute atomic E-state index is 11.9. The van der Waals surface area contributed by atoms with Crippen LogP contribution >= 0.6 is 11.6 Å². The number of nitrogens with zero attached hydrogens (tertiary/aromatic N) is 2. The van der Waals surface area contributed by atoms with Gasteiger partial charge in [-0.3, -0.25) is 0 Å². The van der Waals surface area contributed by atoms with Crippen LogP contribution in [0.4, 0.5) is 13.2 Å². The Kier molecular flexibility index (Phi) is 5.61. The van der Waals surface area contributed by atoms with Gasteiger partial charge in [-0.05, 0) is 6.42 Å². The van der Waals surface area contributed by atoms with Gasteiger partial charge in [-0.25, -0.2) is 4.98 Å². The highest BCUT2D eigenvalue weighted by Gasteiger charge is 2.26. The average Bonchev–Trinajstić information content (AvgIpc) is 2.23. The van der Waals surface area contributed by atoms with Crippen molar-refractivity contribution in [1.82, 2.24) is 9.97 Å². The van der Waals surface area contributed by atoms with Crippen molar-refractivity contribution in [3.8, 4) is 5.88 Å². The van der Waals surface area contributed by atoms with E-state index >= 15 is 0 Å². The Labute approximate surface area is 107 Å². The molecule has 0 spiro atoms. The standard InChI is InChI=1S/C10H12ClF3N2O2/c1-17-6-8-15-7(11)5-9(16-8)18-4-2-3-10(12,13)14/h5H,2-4,6H2,1H3. The number of methoxy groups -OCH3 is 1. The van der Waals surface area contributed by atoms with Crippen molar-refractivity contribution >= 4 is 11.6 Å². The van der Waals surface area contributed by atoms with Crippen LogP contribution in [-0.4, -0.2) is 29.9 Å². The van der Waals surface area contributed by atoms with Gasteiger partial charge in [0, 0.05) is 19.6 Å². The molecule has 1 aromatic heterocycles. The first kappa shape index (κ1) is 15.0. The SMILES string of the molecule is COCc1nc(Cl)cc(OCCCC(F)(F)F)n1. The van der Waals surface area contributed by atoms with Gasteiger partial charge < -0.3 is 9.47 Å². The minimum Gasteiger partial charge on any atom is -0.478 e.